The van der Waals surface area contributed by atoms with Gasteiger partial charge in [0.1, 0.15) is 5.75 Å². The zero-order chi connectivity index (χ0) is 11.1. The van der Waals surface area contributed by atoms with Crippen LogP contribution < -0.4 is 4.74 Å². The van der Waals surface area contributed by atoms with Crippen molar-refractivity contribution >= 4 is 23.2 Å². The predicted octanol–water partition coefficient (Wildman–Crippen LogP) is 4.44. The number of alkyl halides is 1. The molecule has 0 heterocycles. The minimum Gasteiger partial charge on any atom is -0.493 e. The summed E-state index contributed by atoms with van der Waals surface area (Å²) in [4.78, 5) is 0. The molecule has 1 aromatic rings. The fourth-order valence-electron chi connectivity index (χ4n) is 1.33. The molecule has 0 aliphatic carbocycles. The van der Waals surface area contributed by atoms with Crippen LogP contribution in [0.5, 0.6) is 5.75 Å². The second-order valence-corrected chi connectivity index (χ2v) is 4.32. The van der Waals surface area contributed by atoms with Gasteiger partial charge in [0.15, 0.2) is 0 Å². The third-order valence-corrected chi connectivity index (χ3v) is 2.67. The second-order valence-electron chi connectivity index (χ2n) is 3.51. The summed E-state index contributed by atoms with van der Waals surface area (Å²) < 4.78 is 5.64. The number of benzene rings is 1. The van der Waals surface area contributed by atoms with Gasteiger partial charge in [-0.15, -0.1) is 11.6 Å². The molecule has 15 heavy (non-hydrogen) atoms. The molecule has 0 saturated carbocycles. The molecular formula is C12H16Cl2O. The molecule has 0 amide bonds. The molecular weight excluding hydrogens is 231 g/mol. The molecule has 1 rings (SSSR count). The monoisotopic (exact) mass is 246 g/mol. The van der Waals surface area contributed by atoms with Crippen LogP contribution in [0.25, 0.3) is 0 Å². The molecule has 0 aliphatic heterocycles. The number of halogens is 2. The quantitative estimate of drug-likeness (QED) is 0.533. The van der Waals surface area contributed by atoms with Crippen LogP contribution in [0.2, 0.25) is 5.02 Å². The highest BCUT2D eigenvalue weighted by molar-refractivity contribution is 6.30. The van der Waals surface area contributed by atoms with Gasteiger partial charge in [0.05, 0.1) is 6.61 Å². The average molecular weight is 247 g/mol. The Bertz CT molecular complexity index is 300. The van der Waals surface area contributed by atoms with Gasteiger partial charge in [-0.1, -0.05) is 11.6 Å². The van der Waals surface area contributed by atoms with E-state index in [1.807, 2.05) is 25.1 Å². The van der Waals surface area contributed by atoms with Crippen LogP contribution in [0.4, 0.5) is 0 Å². The van der Waals surface area contributed by atoms with Gasteiger partial charge in [-0.3, -0.25) is 0 Å². The zero-order valence-electron chi connectivity index (χ0n) is 8.93. The lowest BCUT2D eigenvalue weighted by atomic mass is 10.2. The summed E-state index contributed by atoms with van der Waals surface area (Å²) in [5.74, 6) is 1.66. The SMILES string of the molecule is Cc1cc(Cl)ccc1OCCCCCCl. The molecule has 0 radical (unpaired) electrons. The summed E-state index contributed by atoms with van der Waals surface area (Å²) in [5, 5.41) is 0.752. The Morgan fingerprint density at radius 3 is 2.67 bits per heavy atom. The van der Waals surface area contributed by atoms with Crippen LogP contribution in [-0.4, -0.2) is 12.5 Å². The Morgan fingerprint density at radius 2 is 2.00 bits per heavy atom. The molecule has 1 aromatic carbocycles. The number of unbranched alkanes of at least 4 members (excludes halogenated alkanes) is 2. The lowest BCUT2D eigenvalue weighted by Crippen LogP contribution is -1.98. The molecule has 84 valence electrons. The van der Waals surface area contributed by atoms with Gasteiger partial charge in [0.25, 0.3) is 0 Å². The Labute approximate surface area is 101 Å². The predicted molar refractivity (Wildman–Crippen MR) is 66.3 cm³/mol. The fourth-order valence-corrected chi connectivity index (χ4v) is 1.75. The Kier molecular flexibility index (Phi) is 5.89. The minimum atomic E-state index is 0.736. The smallest absolute Gasteiger partial charge is 0.122 e. The summed E-state index contributed by atoms with van der Waals surface area (Å²) >= 11 is 11.4. The van der Waals surface area contributed by atoms with Crippen molar-refractivity contribution in [3.63, 3.8) is 0 Å². The molecule has 0 bridgehead atoms. The van der Waals surface area contributed by atoms with E-state index in [0.29, 0.717) is 0 Å². The number of ether oxygens (including phenoxy) is 1. The maximum absolute atomic E-state index is 5.85. The van der Waals surface area contributed by atoms with E-state index in [1.165, 1.54) is 0 Å². The maximum atomic E-state index is 5.85. The van der Waals surface area contributed by atoms with E-state index in [0.717, 1.165) is 48.1 Å². The first kappa shape index (κ1) is 12.7. The molecule has 1 nitrogen and oxygen atoms in total. The molecule has 0 saturated heterocycles. The molecule has 0 spiro atoms. The molecule has 0 fully saturated rings. The van der Waals surface area contributed by atoms with Crippen molar-refractivity contribution in [2.45, 2.75) is 26.2 Å². The number of hydrogen-bond donors (Lipinski definition) is 0. The van der Waals surface area contributed by atoms with Crippen LogP contribution in [0.3, 0.4) is 0 Å². The van der Waals surface area contributed by atoms with Crippen LogP contribution in [0, 0.1) is 6.92 Å². The van der Waals surface area contributed by atoms with Gasteiger partial charge in [-0.2, -0.15) is 0 Å². The standard InChI is InChI=1S/C12H16Cl2O/c1-10-9-11(14)5-6-12(10)15-8-4-2-3-7-13/h5-6,9H,2-4,7-8H2,1H3. The Balaban J connectivity index is 2.31. The van der Waals surface area contributed by atoms with Crippen molar-refractivity contribution in [2.24, 2.45) is 0 Å². The van der Waals surface area contributed by atoms with Gasteiger partial charge >= 0.3 is 0 Å². The Morgan fingerprint density at radius 1 is 1.20 bits per heavy atom. The molecule has 0 N–H and O–H groups in total. The largest absolute Gasteiger partial charge is 0.493 e. The van der Waals surface area contributed by atoms with Crippen LogP contribution in [0.15, 0.2) is 18.2 Å². The van der Waals surface area contributed by atoms with Crippen molar-refractivity contribution in [1.29, 1.82) is 0 Å². The van der Waals surface area contributed by atoms with Crippen molar-refractivity contribution in [2.75, 3.05) is 12.5 Å². The van der Waals surface area contributed by atoms with Crippen LogP contribution >= 0.6 is 23.2 Å². The molecule has 0 atom stereocenters. The first-order valence-corrected chi connectivity index (χ1v) is 6.10. The zero-order valence-corrected chi connectivity index (χ0v) is 10.4. The third-order valence-electron chi connectivity index (χ3n) is 2.17. The third kappa shape index (κ3) is 4.76. The van der Waals surface area contributed by atoms with Gasteiger partial charge in [0, 0.05) is 10.9 Å². The lowest BCUT2D eigenvalue weighted by Gasteiger charge is -2.08. The van der Waals surface area contributed by atoms with E-state index in [-0.39, 0.29) is 0 Å². The summed E-state index contributed by atoms with van der Waals surface area (Å²) in [6.45, 7) is 2.75. The van der Waals surface area contributed by atoms with Crippen molar-refractivity contribution in [3.8, 4) is 5.75 Å². The average Bonchev–Trinajstić information content (AvgIpc) is 2.20. The van der Waals surface area contributed by atoms with Crippen molar-refractivity contribution in [3.05, 3.63) is 28.8 Å². The fraction of sp³-hybridized carbons (Fsp3) is 0.500. The number of hydrogen-bond acceptors (Lipinski definition) is 1. The Hall–Kier alpha value is -0.400. The first-order valence-electron chi connectivity index (χ1n) is 5.19. The van der Waals surface area contributed by atoms with E-state index < -0.39 is 0 Å². The van der Waals surface area contributed by atoms with Gasteiger partial charge in [-0.25, -0.2) is 0 Å². The summed E-state index contributed by atoms with van der Waals surface area (Å²) in [6.07, 6.45) is 3.23. The van der Waals surface area contributed by atoms with E-state index in [4.69, 9.17) is 27.9 Å². The molecule has 0 aliphatic rings. The molecule has 3 heteroatoms. The molecule has 0 unspecified atom stereocenters. The van der Waals surface area contributed by atoms with E-state index in [1.54, 1.807) is 0 Å². The topological polar surface area (TPSA) is 9.23 Å². The highest BCUT2D eigenvalue weighted by Gasteiger charge is 1.99. The number of aryl methyl sites for hydroxylation is 1. The van der Waals surface area contributed by atoms with Gasteiger partial charge in [0.2, 0.25) is 0 Å². The van der Waals surface area contributed by atoms with E-state index >= 15 is 0 Å². The van der Waals surface area contributed by atoms with Crippen LogP contribution in [-0.2, 0) is 0 Å². The molecule has 0 aromatic heterocycles. The number of rotatable bonds is 6. The summed E-state index contributed by atoms with van der Waals surface area (Å²) in [7, 11) is 0. The maximum Gasteiger partial charge on any atom is 0.122 e. The lowest BCUT2D eigenvalue weighted by molar-refractivity contribution is 0.304. The van der Waals surface area contributed by atoms with E-state index in [2.05, 4.69) is 0 Å². The highest BCUT2D eigenvalue weighted by atomic mass is 35.5. The minimum absolute atomic E-state index is 0.736. The second kappa shape index (κ2) is 6.97. The van der Waals surface area contributed by atoms with E-state index in [9.17, 15) is 0 Å². The highest BCUT2D eigenvalue weighted by Crippen LogP contribution is 2.21. The summed E-state index contributed by atoms with van der Waals surface area (Å²) in [6, 6.07) is 5.68. The van der Waals surface area contributed by atoms with Gasteiger partial charge in [-0.05, 0) is 49.9 Å². The normalized spacial score (nSPS) is 10.3. The summed E-state index contributed by atoms with van der Waals surface area (Å²) in [5.41, 5.74) is 1.08. The van der Waals surface area contributed by atoms with Crippen molar-refractivity contribution < 1.29 is 4.74 Å². The van der Waals surface area contributed by atoms with Gasteiger partial charge < -0.3 is 4.74 Å². The van der Waals surface area contributed by atoms with Crippen LogP contribution in [0.1, 0.15) is 24.8 Å². The first-order chi connectivity index (χ1) is 7.24. The van der Waals surface area contributed by atoms with Crippen molar-refractivity contribution in [1.82, 2.24) is 0 Å².